The number of nitrogens with one attached hydrogen (secondary N) is 1. The Morgan fingerprint density at radius 3 is 2.60 bits per heavy atom. The summed E-state index contributed by atoms with van der Waals surface area (Å²) >= 11 is 1.98. The van der Waals surface area contributed by atoms with E-state index in [1.54, 1.807) is 0 Å². The topological polar surface area (TPSA) is 32.3 Å². The number of hydrogen-bond donors (Lipinski definition) is 1. The van der Waals surface area contributed by atoms with Crippen molar-refractivity contribution in [3.63, 3.8) is 0 Å². The van der Waals surface area contributed by atoms with Crippen molar-refractivity contribution in [2.24, 2.45) is 5.92 Å². The molecule has 0 aromatic carbocycles. The van der Waals surface area contributed by atoms with Crippen LogP contribution < -0.4 is 5.32 Å². The van der Waals surface area contributed by atoms with Gasteiger partial charge in [-0.15, -0.1) is 12.4 Å². The number of carbonyl (C=O) groups excluding carboxylic acids is 1. The first-order chi connectivity index (χ1) is 6.70. The van der Waals surface area contributed by atoms with E-state index in [0.29, 0.717) is 17.2 Å². The highest BCUT2D eigenvalue weighted by atomic mass is 35.5. The van der Waals surface area contributed by atoms with Gasteiger partial charge in [0.25, 0.3) is 0 Å². The summed E-state index contributed by atoms with van der Waals surface area (Å²) in [5.41, 5.74) is 0. The summed E-state index contributed by atoms with van der Waals surface area (Å²) in [6, 6.07) is 0.404. The lowest BCUT2D eigenvalue weighted by atomic mass is 10.0. The molecule has 5 heteroatoms. The zero-order chi connectivity index (χ0) is 10.1. The van der Waals surface area contributed by atoms with Gasteiger partial charge in [-0.1, -0.05) is 6.92 Å². The number of halogens is 1. The average Bonchev–Trinajstić information content (AvgIpc) is 2.06. The van der Waals surface area contributed by atoms with Crippen LogP contribution in [-0.2, 0) is 4.79 Å². The molecule has 0 radical (unpaired) electrons. The van der Waals surface area contributed by atoms with Crippen molar-refractivity contribution in [2.75, 3.05) is 25.4 Å². The number of thioether (sulfide) groups is 1. The highest BCUT2D eigenvalue weighted by molar-refractivity contribution is 8.00. The minimum absolute atomic E-state index is 0. The molecule has 1 amide bonds. The molecule has 0 spiro atoms. The molecule has 2 rings (SSSR count). The van der Waals surface area contributed by atoms with Crippen LogP contribution in [0, 0.1) is 5.92 Å². The molecule has 2 atom stereocenters. The highest BCUT2D eigenvalue weighted by Crippen LogP contribution is 2.25. The molecule has 0 aromatic heterocycles. The molecule has 2 aliphatic rings. The summed E-state index contributed by atoms with van der Waals surface area (Å²) in [6.45, 7) is 7.08. The third-order valence-corrected chi connectivity index (χ3v) is 4.64. The summed E-state index contributed by atoms with van der Waals surface area (Å²) in [5, 5.41) is 3.74. The van der Waals surface area contributed by atoms with Gasteiger partial charge in [0, 0.05) is 36.7 Å². The van der Waals surface area contributed by atoms with Gasteiger partial charge in [-0.3, -0.25) is 4.79 Å². The smallest absolute Gasteiger partial charge is 0.228 e. The first-order valence-corrected chi connectivity index (χ1v) is 6.38. The zero-order valence-corrected chi connectivity index (χ0v) is 10.9. The van der Waals surface area contributed by atoms with E-state index in [1.165, 1.54) is 0 Å². The molecular formula is C10H19ClN2OS. The standard InChI is InChI=1S/C10H18N2OS.ClH/c1-7-8(2)14-4-3-12(7)10(13)9-5-11-6-9;/h7-9,11H,3-6H2,1-2H3;1H. The Labute approximate surface area is 102 Å². The van der Waals surface area contributed by atoms with Crippen LogP contribution >= 0.6 is 24.2 Å². The molecule has 0 aromatic rings. The predicted molar refractivity (Wildman–Crippen MR) is 66.7 cm³/mol. The SMILES string of the molecule is CC1SCCN(C(=O)C2CNC2)C1C.Cl. The maximum atomic E-state index is 12.0. The monoisotopic (exact) mass is 250 g/mol. The quantitative estimate of drug-likeness (QED) is 0.753. The molecule has 3 nitrogen and oxygen atoms in total. The molecule has 88 valence electrons. The number of nitrogens with zero attached hydrogens (tertiary/aromatic N) is 1. The molecule has 2 fully saturated rings. The van der Waals surface area contributed by atoms with E-state index < -0.39 is 0 Å². The van der Waals surface area contributed by atoms with Crippen LogP contribution in [0.15, 0.2) is 0 Å². The van der Waals surface area contributed by atoms with Gasteiger partial charge >= 0.3 is 0 Å². The Hall–Kier alpha value is 0.0700. The molecule has 0 aliphatic carbocycles. The number of hydrogen-bond acceptors (Lipinski definition) is 3. The summed E-state index contributed by atoms with van der Waals surface area (Å²) in [5.74, 6) is 1.72. The molecule has 2 aliphatic heterocycles. The zero-order valence-electron chi connectivity index (χ0n) is 9.23. The normalized spacial score (nSPS) is 31.7. The van der Waals surface area contributed by atoms with E-state index in [-0.39, 0.29) is 18.3 Å². The van der Waals surface area contributed by atoms with Crippen LogP contribution in [0.4, 0.5) is 0 Å². The summed E-state index contributed by atoms with van der Waals surface area (Å²) in [7, 11) is 0. The van der Waals surface area contributed by atoms with Gasteiger partial charge in [-0.05, 0) is 6.92 Å². The number of rotatable bonds is 1. The van der Waals surface area contributed by atoms with E-state index in [1.807, 2.05) is 11.8 Å². The maximum Gasteiger partial charge on any atom is 0.228 e. The predicted octanol–water partition coefficient (Wildman–Crippen LogP) is 0.980. The Bertz CT molecular complexity index is 235. The number of amides is 1. The van der Waals surface area contributed by atoms with Crippen molar-refractivity contribution in [1.82, 2.24) is 10.2 Å². The van der Waals surface area contributed by atoms with Crippen LogP contribution in [0.5, 0.6) is 0 Å². The Balaban J connectivity index is 0.00000112. The molecule has 2 saturated heterocycles. The third-order valence-electron chi connectivity index (χ3n) is 3.30. The molecular weight excluding hydrogens is 232 g/mol. The third kappa shape index (κ3) is 2.60. The Morgan fingerprint density at radius 2 is 2.07 bits per heavy atom. The molecule has 0 saturated carbocycles. The highest BCUT2D eigenvalue weighted by Gasteiger charge is 2.35. The Morgan fingerprint density at radius 1 is 1.40 bits per heavy atom. The van der Waals surface area contributed by atoms with Crippen LogP contribution in [0.2, 0.25) is 0 Å². The van der Waals surface area contributed by atoms with Gasteiger partial charge in [0.2, 0.25) is 5.91 Å². The van der Waals surface area contributed by atoms with Gasteiger partial charge in [-0.2, -0.15) is 11.8 Å². The van der Waals surface area contributed by atoms with E-state index >= 15 is 0 Å². The fraction of sp³-hybridized carbons (Fsp3) is 0.900. The van der Waals surface area contributed by atoms with E-state index in [9.17, 15) is 4.79 Å². The van der Waals surface area contributed by atoms with Gasteiger partial charge in [0.1, 0.15) is 0 Å². The minimum atomic E-state index is 0. The second kappa shape index (κ2) is 5.41. The molecule has 2 heterocycles. The molecule has 0 bridgehead atoms. The lowest BCUT2D eigenvalue weighted by Gasteiger charge is -2.41. The first-order valence-electron chi connectivity index (χ1n) is 5.33. The second-order valence-electron chi connectivity index (χ2n) is 4.20. The summed E-state index contributed by atoms with van der Waals surface area (Å²) < 4.78 is 0. The van der Waals surface area contributed by atoms with Crippen LogP contribution in [-0.4, -0.2) is 47.5 Å². The van der Waals surface area contributed by atoms with Crippen molar-refractivity contribution >= 4 is 30.1 Å². The first kappa shape index (κ1) is 13.1. The lowest BCUT2D eigenvalue weighted by Crippen LogP contribution is -2.57. The lowest BCUT2D eigenvalue weighted by molar-refractivity contribution is -0.139. The van der Waals surface area contributed by atoms with Crippen LogP contribution in [0.25, 0.3) is 0 Å². The van der Waals surface area contributed by atoms with Gasteiger partial charge in [0.05, 0.1) is 5.92 Å². The molecule has 1 N–H and O–H groups in total. The van der Waals surface area contributed by atoms with Crippen molar-refractivity contribution < 1.29 is 4.79 Å². The van der Waals surface area contributed by atoms with Crippen molar-refractivity contribution in [2.45, 2.75) is 25.1 Å². The van der Waals surface area contributed by atoms with Crippen LogP contribution in [0.3, 0.4) is 0 Å². The Kier molecular flexibility index (Phi) is 4.74. The molecule has 15 heavy (non-hydrogen) atoms. The number of carbonyl (C=O) groups is 1. The van der Waals surface area contributed by atoms with Crippen molar-refractivity contribution in [3.8, 4) is 0 Å². The average molecular weight is 251 g/mol. The van der Waals surface area contributed by atoms with Crippen molar-refractivity contribution in [1.29, 1.82) is 0 Å². The van der Waals surface area contributed by atoms with E-state index in [0.717, 1.165) is 25.4 Å². The van der Waals surface area contributed by atoms with E-state index in [4.69, 9.17) is 0 Å². The van der Waals surface area contributed by atoms with Gasteiger partial charge in [-0.25, -0.2) is 0 Å². The summed E-state index contributed by atoms with van der Waals surface area (Å²) in [4.78, 5) is 14.1. The minimum Gasteiger partial charge on any atom is -0.338 e. The van der Waals surface area contributed by atoms with Crippen LogP contribution in [0.1, 0.15) is 13.8 Å². The van der Waals surface area contributed by atoms with Crippen molar-refractivity contribution in [3.05, 3.63) is 0 Å². The summed E-state index contributed by atoms with van der Waals surface area (Å²) in [6.07, 6.45) is 0. The second-order valence-corrected chi connectivity index (χ2v) is 5.69. The fourth-order valence-electron chi connectivity index (χ4n) is 1.94. The maximum absolute atomic E-state index is 12.0. The fourth-order valence-corrected chi connectivity index (χ4v) is 3.04. The largest absolute Gasteiger partial charge is 0.338 e. The van der Waals surface area contributed by atoms with Gasteiger partial charge < -0.3 is 10.2 Å². The van der Waals surface area contributed by atoms with Gasteiger partial charge in [0.15, 0.2) is 0 Å². The molecule has 2 unspecified atom stereocenters. The van der Waals surface area contributed by atoms with E-state index in [2.05, 4.69) is 24.1 Å².